The van der Waals surface area contributed by atoms with Gasteiger partial charge in [0.2, 0.25) is 0 Å². The Bertz CT molecular complexity index is 165. The fraction of sp³-hybridized carbons (Fsp3) is 0.909. The summed E-state index contributed by atoms with van der Waals surface area (Å²) in [5.74, 6) is 0. The minimum atomic E-state index is -0.568. The normalized spacial score (nSPS) is 22.1. The summed E-state index contributed by atoms with van der Waals surface area (Å²) in [5.41, 5.74) is 0. The molecule has 1 aliphatic rings. The van der Waals surface area contributed by atoms with Crippen LogP contribution in [0.5, 0.6) is 0 Å². The SMILES string of the molecule is C=NCCC(CC)N1CCC(F)CC1. The molecule has 0 aromatic rings. The molecule has 0 amide bonds. The minimum absolute atomic E-state index is 0.568. The van der Waals surface area contributed by atoms with Gasteiger partial charge in [-0.2, -0.15) is 0 Å². The molecule has 14 heavy (non-hydrogen) atoms. The van der Waals surface area contributed by atoms with Gasteiger partial charge in [-0.25, -0.2) is 4.39 Å². The van der Waals surface area contributed by atoms with Crippen LogP contribution in [0.15, 0.2) is 4.99 Å². The van der Waals surface area contributed by atoms with Crippen molar-refractivity contribution in [2.45, 2.75) is 44.8 Å². The number of hydrogen-bond donors (Lipinski definition) is 0. The minimum Gasteiger partial charge on any atom is -0.301 e. The van der Waals surface area contributed by atoms with Crippen LogP contribution < -0.4 is 0 Å². The number of piperidine rings is 1. The van der Waals surface area contributed by atoms with E-state index < -0.39 is 6.17 Å². The summed E-state index contributed by atoms with van der Waals surface area (Å²) in [6.07, 6.45) is 3.04. The molecular formula is C11H21FN2. The molecule has 0 aliphatic carbocycles. The van der Waals surface area contributed by atoms with Crippen molar-refractivity contribution in [2.24, 2.45) is 4.99 Å². The average molecular weight is 200 g/mol. The molecule has 82 valence electrons. The Labute approximate surface area is 86.2 Å². The second-order valence-corrected chi connectivity index (χ2v) is 4.01. The molecule has 0 radical (unpaired) electrons. The smallest absolute Gasteiger partial charge is 0.103 e. The van der Waals surface area contributed by atoms with E-state index in [4.69, 9.17) is 0 Å². The number of hydrogen-bond acceptors (Lipinski definition) is 2. The number of rotatable bonds is 5. The lowest BCUT2D eigenvalue weighted by Gasteiger charge is -2.35. The third-order valence-electron chi connectivity index (χ3n) is 3.07. The highest BCUT2D eigenvalue weighted by Gasteiger charge is 2.23. The zero-order chi connectivity index (χ0) is 10.4. The molecule has 1 atom stereocenters. The lowest BCUT2D eigenvalue weighted by molar-refractivity contribution is 0.105. The lowest BCUT2D eigenvalue weighted by atomic mass is 10.0. The molecule has 3 heteroatoms. The molecule has 0 aromatic carbocycles. The molecule has 1 rings (SSSR count). The van der Waals surface area contributed by atoms with Crippen LogP contribution in [-0.2, 0) is 0 Å². The van der Waals surface area contributed by atoms with Crippen LogP contribution in [0, 0.1) is 0 Å². The summed E-state index contributed by atoms with van der Waals surface area (Å²) in [6.45, 7) is 8.34. The Morgan fingerprint density at radius 3 is 2.64 bits per heavy atom. The Balaban J connectivity index is 2.32. The second kappa shape index (κ2) is 6.12. The Morgan fingerprint density at radius 2 is 2.14 bits per heavy atom. The monoisotopic (exact) mass is 200 g/mol. The van der Waals surface area contributed by atoms with E-state index in [1.807, 2.05) is 0 Å². The van der Waals surface area contributed by atoms with Gasteiger partial charge in [-0.1, -0.05) is 6.92 Å². The fourth-order valence-corrected chi connectivity index (χ4v) is 2.12. The van der Waals surface area contributed by atoms with Crippen molar-refractivity contribution in [1.29, 1.82) is 0 Å². The predicted molar refractivity (Wildman–Crippen MR) is 58.8 cm³/mol. The van der Waals surface area contributed by atoms with Crippen LogP contribution in [-0.4, -0.2) is 43.5 Å². The summed E-state index contributed by atoms with van der Waals surface area (Å²) >= 11 is 0. The predicted octanol–water partition coefficient (Wildman–Crippen LogP) is 2.29. The van der Waals surface area contributed by atoms with Gasteiger partial charge in [0, 0.05) is 25.7 Å². The van der Waals surface area contributed by atoms with E-state index in [2.05, 4.69) is 23.5 Å². The number of nitrogens with zero attached hydrogens (tertiary/aromatic N) is 2. The van der Waals surface area contributed by atoms with Gasteiger partial charge in [-0.3, -0.25) is 0 Å². The van der Waals surface area contributed by atoms with E-state index >= 15 is 0 Å². The molecule has 0 N–H and O–H groups in total. The van der Waals surface area contributed by atoms with Crippen molar-refractivity contribution < 1.29 is 4.39 Å². The van der Waals surface area contributed by atoms with Crippen molar-refractivity contribution in [1.82, 2.24) is 4.90 Å². The Morgan fingerprint density at radius 1 is 1.50 bits per heavy atom. The van der Waals surface area contributed by atoms with Gasteiger partial charge in [0.15, 0.2) is 0 Å². The van der Waals surface area contributed by atoms with Crippen LogP contribution in [0.3, 0.4) is 0 Å². The van der Waals surface area contributed by atoms with Gasteiger partial charge in [0.05, 0.1) is 0 Å². The van der Waals surface area contributed by atoms with E-state index in [-0.39, 0.29) is 0 Å². The van der Waals surface area contributed by atoms with Gasteiger partial charge >= 0.3 is 0 Å². The van der Waals surface area contributed by atoms with E-state index in [1.165, 1.54) is 0 Å². The van der Waals surface area contributed by atoms with E-state index in [1.54, 1.807) is 0 Å². The molecule has 1 fully saturated rings. The van der Waals surface area contributed by atoms with Crippen molar-refractivity contribution in [3.63, 3.8) is 0 Å². The summed E-state index contributed by atoms with van der Waals surface area (Å²) in [6, 6.07) is 0.577. The summed E-state index contributed by atoms with van der Waals surface area (Å²) < 4.78 is 12.9. The Hall–Kier alpha value is -0.440. The molecule has 1 saturated heterocycles. The molecular weight excluding hydrogens is 179 g/mol. The summed E-state index contributed by atoms with van der Waals surface area (Å²) in [7, 11) is 0. The number of halogens is 1. The molecule has 1 unspecified atom stereocenters. The number of likely N-dealkylation sites (tertiary alicyclic amines) is 1. The second-order valence-electron chi connectivity index (χ2n) is 4.01. The first-order chi connectivity index (χ1) is 6.77. The van der Waals surface area contributed by atoms with E-state index in [0.717, 1.165) is 32.5 Å². The van der Waals surface area contributed by atoms with E-state index in [0.29, 0.717) is 18.9 Å². The van der Waals surface area contributed by atoms with Gasteiger partial charge < -0.3 is 9.89 Å². The molecule has 1 aliphatic heterocycles. The molecule has 2 nitrogen and oxygen atoms in total. The van der Waals surface area contributed by atoms with Crippen LogP contribution in [0.4, 0.5) is 4.39 Å². The largest absolute Gasteiger partial charge is 0.301 e. The highest BCUT2D eigenvalue weighted by molar-refractivity contribution is 5.23. The van der Waals surface area contributed by atoms with Crippen LogP contribution in [0.25, 0.3) is 0 Å². The average Bonchev–Trinajstić information content (AvgIpc) is 2.21. The molecule has 0 saturated carbocycles. The first kappa shape index (κ1) is 11.6. The molecule has 0 aromatic heterocycles. The van der Waals surface area contributed by atoms with Gasteiger partial charge in [0.25, 0.3) is 0 Å². The lowest BCUT2D eigenvalue weighted by Crippen LogP contribution is -2.42. The first-order valence-corrected chi connectivity index (χ1v) is 5.58. The summed E-state index contributed by atoms with van der Waals surface area (Å²) in [5, 5.41) is 0. The highest BCUT2D eigenvalue weighted by Crippen LogP contribution is 2.18. The first-order valence-electron chi connectivity index (χ1n) is 5.58. The van der Waals surface area contributed by atoms with Gasteiger partial charge in [-0.15, -0.1) is 0 Å². The maximum absolute atomic E-state index is 12.9. The summed E-state index contributed by atoms with van der Waals surface area (Å²) in [4.78, 5) is 6.29. The van der Waals surface area contributed by atoms with E-state index in [9.17, 15) is 4.39 Å². The third-order valence-corrected chi connectivity index (χ3v) is 3.07. The van der Waals surface area contributed by atoms with Crippen LogP contribution in [0.1, 0.15) is 32.6 Å². The number of aliphatic imine (C=N–C) groups is 1. The third kappa shape index (κ3) is 3.37. The maximum atomic E-state index is 12.9. The maximum Gasteiger partial charge on any atom is 0.103 e. The van der Waals surface area contributed by atoms with Gasteiger partial charge in [0.1, 0.15) is 6.17 Å². The van der Waals surface area contributed by atoms with Crippen LogP contribution >= 0.6 is 0 Å². The van der Waals surface area contributed by atoms with Crippen molar-refractivity contribution in [3.05, 3.63) is 0 Å². The molecule has 1 heterocycles. The quantitative estimate of drug-likeness (QED) is 0.622. The highest BCUT2D eigenvalue weighted by atomic mass is 19.1. The molecule has 0 bridgehead atoms. The van der Waals surface area contributed by atoms with Crippen molar-refractivity contribution >= 4 is 6.72 Å². The standard InChI is InChI=1S/C11H21FN2/c1-3-11(4-7-13-2)14-8-5-10(12)6-9-14/h10-11H,2-9H2,1H3. The zero-order valence-corrected chi connectivity index (χ0v) is 9.08. The zero-order valence-electron chi connectivity index (χ0n) is 9.08. The number of alkyl halides is 1. The molecule has 0 spiro atoms. The topological polar surface area (TPSA) is 15.6 Å². The van der Waals surface area contributed by atoms with Gasteiger partial charge in [-0.05, 0) is 32.4 Å². The fourth-order valence-electron chi connectivity index (χ4n) is 2.12. The van der Waals surface area contributed by atoms with Crippen molar-refractivity contribution in [2.75, 3.05) is 19.6 Å². The Kier molecular flexibility index (Phi) is 5.09. The van der Waals surface area contributed by atoms with Crippen LogP contribution in [0.2, 0.25) is 0 Å². The van der Waals surface area contributed by atoms with Crippen molar-refractivity contribution in [3.8, 4) is 0 Å².